The van der Waals surface area contributed by atoms with Crippen molar-refractivity contribution in [1.29, 1.82) is 0 Å². The van der Waals surface area contributed by atoms with E-state index in [4.69, 9.17) is 21.3 Å². The van der Waals surface area contributed by atoms with E-state index in [9.17, 15) is 0 Å². The number of hydrogen-bond acceptors (Lipinski definition) is 7. The van der Waals surface area contributed by atoms with Gasteiger partial charge in [-0.1, -0.05) is 54.1 Å². The van der Waals surface area contributed by atoms with E-state index < -0.39 is 0 Å². The average Bonchev–Trinajstić information content (AvgIpc) is 2.86. The van der Waals surface area contributed by atoms with Crippen LogP contribution in [0.15, 0.2) is 77.8 Å². The van der Waals surface area contributed by atoms with Gasteiger partial charge in [0, 0.05) is 22.5 Å². The molecule has 0 spiro atoms. The van der Waals surface area contributed by atoms with Crippen molar-refractivity contribution in [2.24, 2.45) is 4.99 Å². The lowest BCUT2D eigenvalue weighted by atomic mass is 10.1. The van der Waals surface area contributed by atoms with Crippen LogP contribution in [0.3, 0.4) is 0 Å². The Morgan fingerprint density at radius 1 is 1.03 bits per heavy atom. The number of nitrogens with zero attached hydrogens (tertiary/aromatic N) is 4. The quantitative estimate of drug-likeness (QED) is 0.449. The zero-order valence-electron chi connectivity index (χ0n) is 18.1. The SMILES string of the molecule is COc1ccc(CN2CN=C(Nc3nc(-c4ccccc4)c4cc(Cl)ccc4n3)NC2)cc1. The van der Waals surface area contributed by atoms with Crippen molar-refractivity contribution in [2.45, 2.75) is 6.54 Å². The summed E-state index contributed by atoms with van der Waals surface area (Å²) in [5, 5.41) is 8.11. The van der Waals surface area contributed by atoms with Gasteiger partial charge in [0.05, 0.1) is 31.7 Å². The molecular formula is C25H23ClN6O. The molecule has 0 atom stereocenters. The average molecular weight is 459 g/mol. The fraction of sp³-hybridized carbons (Fsp3) is 0.160. The predicted molar refractivity (Wildman–Crippen MR) is 132 cm³/mol. The lowest BCUT2D eigenvalue weighted by Gasteiger charge is -2.27. The number of aliphatic imine (C=N–C) groups is 1. The first-order valence-corrected chi connectivity index (χ1v) is 11.0. The lowest BCUT2D eigenvalue weighted by Crippen LogP contribution is -2.45. The predicted octanol–water partition coefficient (Wildman–Crippen LogP) is 4.75. The lowest BCUT2D eigenvalue weighted by molar-refractivity contribution is 0.256. The minimum absolute atomic E-state index is 0.485. The van der Waals surface area contributed by atoms with Crippen LogP contribution in [0.2, 0.25) is 5.02 Å². The van der Waals surface area contributed by atoms with Crippen molar-refractivity contribution in [3.8, 4) is 17.0 Å². The number of hydrogen-bond donors (Lipinski definition) is 2. The summed E-state index contributed by atoms with van der Waals surface area (Å²) in [6, 6.07) is 23.7. The Morgan fingerprint density at radius 2 is 1.85 bits per heavy atom. The zero-order valence-corrected chi connectivity index (χ0v) is 18.9. The minimum atomic E-state index is 0.485. The van der Waals surface area contributed by atoms with E-state index in [0.717, 1.165) is 34.5 Å². The Morgan fingerprint density at radius 3 is 2.58 bits per heavy atom. The van der Waals surface area contributed by atoms with E-state index >= 15 is 0 Å². The Balaban J connectivity index is 1.34. The number of fused-ring (bicyclic) bond motifs is 1. The number of anilines is 1. The molecule has 0 saturated heterocycles. The zero-order chi connectivity index (χ0) is 22.6. The van der Waals surface area contributed by atoms with Crippen LogP contribution < -0.4 is 15.4 Å². The first-order chi connectivity index (χ1) is 16.2. The Hall–Kier alpha value is -3.68. The van der Waals surface area contributed by atoms with Crippen molar-refractivity contribution in [3.05, 3.63) is 83.4 Å². The number of ether oxygens (including phenoxy) is 1. The van der Waals surface area contributed by atoms with Gasteiger partial charge in [0.1, 0.15) is 5.75 Å². The number of nitrogens with one attached hydrogen (secondary N) is 2. The summed E-state index contributed by atoms with van der Waals surface area (Å²) in [6.07, 6.45) is 0. The van der Waals surface area contributed by atoms with Crippen LogP contribution in [-0.4, -0.2) is 41.3 Å². The molecule has 1 aromatic heterocycles. The molecule has 5 rings (SSSR count). The van der Waals surface area contributed by atoms with Gasteiger partial charge in [-0.3, -0.25) is 10.2 Å². The van der Waals surface area contributed by atoms with Crippen molar-refractivity contribution in [1.82, 2.24) is 20.2 Å². The first-order valence-electron chi connectivity index (χ1n) is 10.6. The van der Waals surface area contributed by atoms with Gasteiger partial charge >= 0.3 is 0 Å². The fourth-order valence-electron chi connectivity index (χ4n) is 3.72. The largest absolute Gasteiger partial charge is 0.497 e. The highest BCUT2D eigenvalue weighted by atomic mass is 35.5. The van der Waals surface area contributed by atoms with Crippen molar-refractivity contribution >= 4 is 34.4 Å². The van der Waals surface area contributed by atoms with Crippen LogP contribution in [0.5, 0.6) is 5.75 Å². The van der Waals surface area contributed by atoms with Crippen molar-refractivity contribution < 1.29 is 4.74 Å². The van der Waals surface area contributed by atoms with E-state index in [1.54, 1.807) is 7.11 Å². The normalized spacial score (nSPS) is 13.9. The molecule has 3 aromatic carbocycles. The Labute approximate surface area is 197 Å². The molecule has 0 fully saturated rings. The van der Waals surface area contributed by atoms with Gasteiger partial charge in [0.25, 0.3) is 0 Å². The van der Waals surface area contributed by atoms with Gasteiger partial charge in [0.15, 0.2) is 0 Å². The molecule has 1 aliphatic rings. The van der Waals surface area contributed by atoms with Crippen molar-refractivity contribution in [2.75, 3.05) is 25.8 Å². The second-order valence-corrected chi connectivity index (χ2v) is 8.14. The van der Waals surface area contributed by atoms with E-state index in [1.165, 1.54) is 5.56 Å². The summed E-state index contributed by atoms with van der Waals surface area (Å²) >= 11 is 6.25. The van der Waals surface area contributed by atoms with Crippen molar-refractivity contribution in [3.63, 3.8) is 0 Å². The second kappa shape index (κ2) is 9.44. The third-order valence-corrected chi connectivity index (χ3v) is 5.63. The maximum atomic E-state index is 6.25. The summed E-state index contributed by atoms with van der Waals surface area (Å²) in [5.41, 5.74) is 3.84. The third kappa shape index (κ3) is 4.89. The number of methoxy groups -OCH3 is 1. The second-order valence-electron chi connectivity index (χ2n) is 7.71. The standard InChI is InChI=1S/C25H23ClN6O/c1-33-20-10-7-17(8-11-20)14-32-15-27-24(28-16-32)31-25-29-22-12-9-19(26)13-21(22)23(30-25)18-5-3-2-4-6-18/h2-13H,14-16H2,1H3,(H2,27,28,29,30,31). The highest BCUT2D eigenvalue weighted by Gasteiger charge is 2.15. The molecule has 4 aromatic rings. The third-order valence-electron chi connectivity index (χ3n) is 5.40. The van der Waals surface area contributed by atoms with E-state index in [0.29, 0.717) is 30.3 Å². The molecule has 33 heavy (non-hydrogen) atoms. The van der Waals surface area contributed by atoms with Crippen LogP contribution in [0.4, 0.5) is 5.95 Å². The van der Waals surface area contributed by atoms with E-state index in [1.807, 2.05) is 60.7 Å². The molecule has 0 amide bonds. The van der Waals surface area contributed by atoms with E-state index in [2.05, 4.69) is 37.6 Å². The molecule has 0 bridgehead atoms. The van der Waals surface area contributed by atoms with Gasteiger partial charge in [-0.05, 0) is 35.9 Å². The van der Waals surface area contributed by atoms with Gasteiger partial charge in [-0.2, -0.15) is 0 Å². The number of benzene rings is 3. The topological polar surface area (TPSA) is 74.7 Å². The van der Waals surface area contributed by atoms with Crippen LogP contribution in [0.1, 0.15) is 5.56 Å². The molecule has 166 valence electrons. The van der Waals surface area contributed by atoms with Crippen LogP contribution in [-0.2, 0) is 6.54 Å². The van der Waals surface area contributed by atoms with Crippen LogP contribution in [0, 0.1) is 0 Å². The molecule has 8 heteroatoms. The van der Waals surface area contributed by atoms with Gasteiger partial charge in [-0.25, -0.2) is 15.0 Å². The number of rotatable bonds is 5. The maximum absolute atomic E-state index is 6.25. The summed E-state index contributed by atoms with van der Waals surface area (Å²) in [5.74, 6) is 1.99. The summed E-state index contributed by atoms with van der Waals surface area (Å²) in [6.45, 7) is 2.02. The molecule has 1 aliphatic heterocycles. The highest BCUT2D eigenvalue weighted by Crippen LogP contribution is 2.29. The molecule has 7 nitrogen and oxygen atoms in total. The Bertz CT molecular complexity index is 1290. The molecule has 2 heterocycles. The smallest absolute Gasteiger partial charge is 0.230 e. The minimum Gasteiger partial charge on any atom is -0.497 e. The number of guanidine groups is 1. The van der Waals surface area contributed by atoms with Gasteiger partial charge < -0.3 is 10.1 Å². The monoisotopic (exact) mass is 458 g/mol. The molecule has 0 aliphatic carbocycles. The summed E-state index contributed by atoms with van der Waals surface area (Å²) in [4.78, 5) is 16.3. The molecule has 2 N–H and O–H groups in total. The highest BCUT2D eigenvalue weighted by molar-refractivity contribution is 6.31. The molecule has 0 unspecified atom stereocenters. The molecular weight excluding hydrogens is 436 g/mol. The molecule has 0 radical (unpaired) electrons. The van der Waals surface area contributed by atoms with E-state index in [-0.39, 0.29) is 0 Å². The first kappa shape index (κ1) is 21.2. The van der Waals surface area contributed by atoms with Crippen LogP contribution in [0.25, 0.3) is 22.2 Å². The summed E-state index contributed by atoms with van der Waals surface area (Å²) in [7, 11) is 1.67. The van der Waals surface area contributed by atoms with Crippen LogP contribution >= 0.6 is 11.6 Å². The summed E-state index contributed by atoms with van der Waals surface area (Å²) < 4.78 is 5.22. The van der Waals surface area contributed by atoms with Gasteiger partial charge in [-0.15, -0.1) is 0 Å². The number of halogens is 1. The van der Waals surface area contributed by atoms with Gasteiger partial charge in [0.2, 0.25) is 11.9 Å². The fourth-order valence-corrected chi connectivity index (χ4v) is 3.89. The Kier molecular flexibility index (Phi) is 6.06. The maximum Gasteiger partial charge on any atom is 0.230 e. The number of aromatic nitrogens is 2. The molecule has 0 saturated carbocycles.